The number of nitrogens with zero attached hydrogens (tertiary/aromatic N) is 3. The Balaban J connectivity index is 0.00000560. The van der Waals surface area contributed by atoms with E-state index in [-0.39, 0.29) is 36.7 Å². The molecule has 15 nitrogen and oxygen atoms in total. The largest absolute Gasteiger partial charge is 1.00 e. The summed E-state index contributed by atoms with van der Waals surface area (Å²) in [6.45, 7) is 0. The van der Waals surface area contributed by atoms with Crippen LogP contribution in [-0.2, 0) is 57.5 Å². The number of benzene rings is 4. The third kappa shape index (κ3) is 8.35. The maximum Gasteiger partial charge on any atom is 1.00 e. The monoisotopic (exact) mass is 981 g/mol. The van der Waals surface area contributed by atoms with Crippen molar-refractivity contribution in [3.63, 3.8) is 0 Å². The van der Waals surface area contributed by atoms with Crippen molar-refractivity contribution in [3.8, 4) is 44.5 Å². The van der Waals surface area contributed by atoms with E-state index >= 15 is 0 Å². The van der Waals surface area contributed by atoms with Gasteiger partial charge in [-0.1, -0.05) is 72.8 Å². The number of rotatable bonds is 8. The molecule has 5 aromatic rings. The standard InChI is InChI=1S/C44H28N3O12S4.Cu/c48-60(49,50)29-9-1-25(2-10-29)41-33-17-18-34(33)42(26-3-11-30(12-4-26)61(51,52)53)36-20-22-38(46-36)44(28-7-15-32(16-8-28)63(57,58)59)40-24-23-39(47-40)43(37-21-19-35(41)45-37)27-5-13-31(14-6-27)62(54,55)56;/h1-24H,(H,48,49,50)(H,51,52,53)(H,54,55,56)(H,57,58,59);/q-1;+1. The van der Waals surface area contributed by atoms with Gasteiger partial charge in [-0.05, 0) is 117 Å². The molecule has 0 fully saturated rings. The van der Waals surface area contributed by atoms with Crippen molar-refractivity contribution >= 4 is 75.8 Å². The molecule has 4 N–H and O–H groups in total. The molecule has 1 aromatic heterocycles. The Bertz CT molecular complexity index is 3550. The molecular weight excluding hydrogens is 954 g/mol. The van der Waals surface area contributed by atoms with Crippen molar-refractivity contribution in [2.24, 2.45) is 0 Å². The van der Waals surface area contributed by atoms with E-state index < -0.39 is 40.5 Å². The zero-order chi connectivity index (χ0) is 44.6. The average Bonchev–Trinajstić information content (AvgIpc) is 4.01. The van der Waals surface area contributed by atoms with Crippen molar-refractivity contribution in [2.45, 2.75) is 19.6 Å². The van der Waals surface area contributed by atoms with Gasteiger partial charge in [0.25, 0.3) is 40.5 Å². The van der Waals surface area contributed by atoms with Crippen LogP contribution in [-0.4, -0.2) is 61.9 Å². The zero-order valence-electron chi connectivity index (χ0n) is 32.2. The van der Waals surface area contributed by atoms with Gasteiger partial charge in [0.15, 0.2) is 0 Å². The molecule has 20 heteroatoms. The van der Waals surface area contributed by atoms with Gasteiger partial charge in [0.1, 0.15) is 0 Å². The van der Waals surface area contributed by atoms with E-state index in [1.807, 2.05) is 12.1 Å². The van der Waals surface area contributed by atoms with Crippen LogP contribution in [0.5, 0.6) is 0 Å². The molecule has 64 heavy (non-hydrogen) atoms. The van der Waals surface area contributed by atoms with E-state index in [0.717, 1.165) is 0 Å². The summed E-state index contributed by atoms with van der Waals surface area (Å²) in [5.41, 5.74) is 6.09. The van der Waals surface area contributed by atoms with E-state index in [2.05, 4.69) is 0 Å². The molecule has 4 aliphatic rings. The van der Waals surface area contributed by atoms with E-state index in [1.165, 1.54) is 97.1 Å². The smallest absolute Gasteiger partial charge is 0.657 e. The van der Waals surface area contributed by atoms with E-state index in [0.29, 0.717) is 88.8 Å². The first kappa shape index (κ1) is 44.4. The van der Waals surface area contributed by atoms with Crippen LogP contribution in [0.15, 0.2) is 141 Å². The van der Waals surface area contributed by atoms with Gasteiger partial charge in [0.2, 0.25) is 0 Å². The maximum atomic E-state index is 12.1. The predicted molar refractivity (Wildman–Crippen MR) is 233 cm³/mol. The number of fused-ring (bicyclic) bond motifs is 6. The van der Waals surface area contributed by atoms with Crippen molar-refractivity contribution < 1.29 is 69.0 Å². The number of hydrogen-bond donors (Lipinski definition) is 4. The second kappa shape index (κ2) is 16.1. The molecule has 0 amide bonds. The molecule has 0 radical (unpaired) electrons. The van der Waals surface area contributed by atoms with Gasteiger partial charge in [0.05, 0.1) is 42.4 Å². The molecule has 3 aliphatic heterocycles. The topological polar surface area (TPSA) is 257 Å². The van der Waals surface area contributed by atoms with Crippen molar-refractivity contribution in [1.82, 2.24) is 15.0 Å². The van der Waals surface area contributed by atoms with Crippen LogP contribution in [0.3, 0.4) is 0 Å². The Morgan fingerprint density at radius 1 is 0.328 bits per heavy atom. The second-order valence-corrected chi connectivity index (χ2v) is 20.0. The van der Waals surface area contributed by atoms with Crippen LogP contribution in [0.4, 0.5) is 0 Å². The Morgan fingerprint density at radius 3 is 0.797 bits per heavy atom. The van der Waals surface area contributed by atoms with Crippen LogP contribution >= 0.6 is 0 Å². The summed E-state index contributed by atoms with van der Waals surface area (Å²) in [4.78, 5) is 13.8. The Morgan fingerprint density at radius 2 is 0.562 bits per heavy atom. The fraction of sp³-hybridized carbons (Fsp3) is 0. The van der Waals surface area contributed by atoms with Gasteiger partial charge >= 0.3 is 17.1 Å². The van der Waals surface area contributed by atoms with Gasteiger partial charge in [0, 0.05) is 11.1 Å². The van der Waals surface area contributed by atoms with Gasteiger partial charge in [-0.25, -0.2) is 9.97 Å². The van der Waals surface area contributed by atoms with Crippen molar-refractivity contribution in [3.05, 3.63) is 155 Å². The molecule has 0 atom stereocenters. The first-order chi connectivity index (χ1) is 29.7. The molecule has 0 saturated carbocycles. The molecule has 0 spiro atoms. The minimum absolute atomic E-state index is 0. The number of aromatic nitrogens is 3. The third-order valence-electron chi connectivity index (χ3n) is 10.5. The van der Waals surface area contributed by atoms with Crippen LogP contribution in [0.25, 0.3) is 79.8 Å². The summed E-state index contributed by atoms with van der Waals surface area (Å²) in [7, 11) is -18.2. The SMILES string of the molecule is O=S(=O)(O)c1ccc(-c2c3nc(c(-c4ccc(S(=O)(=O)O)cc4)c4ccc([n-]4)c(-c4ccc(S(=O)(=O)O)cc4)c4nc(c(-c5ccc(S(=O)(=O)O)cc5)c5ccc2=5)C=C4)C=C3)cc1.[Cu+]. The van der Waals surface area contributed by atoms with E-state index in [9.17, 15) is 51.9 Å². The Hall–Kier alpha value is -6.16. The molecule has 0 saturated heterocycles. The summed E-state index contributed by atoms with van der Waals surface area (Å²) in [5.74, 6) is 0. The van der Waals surface area contributed by atoms with Gasteiger partial charge in [-0.2, -0.15) is 33.7 Å². The summed E-state index contributed by atoms with van der Waals surface area (Å²) in [6, 6.07) is 28.9. The molecule has 9 rings (SSSR count). The van der Waals surface area contributed by atoms with E-state index in [1.54, 1.807) is 36.4 Å². The van der Waals surface area contributed by atoms with Crippen LogP contribution in [0, 0.1) is 10.4 Å². The first-order valence-electron chi connectivity index (χ1n) is 18.4. The van der Waals surface area contributed by atoms with Crippen LogP contribution in [0.2, 0.25) is 0 Å². The molecule has 4 aromatic carbocycles. The molecule has 6 bridgehead atoms. The fourth-order valence-electron chi connectivity index (χ4n) is 7.52. The molecule has 326 valence electrons. The fourth-order valence-corrected chi connectivity index (χ4v) is 9.44. The van der Waals surface area contributed by atoms with Gasteiger partial charge in [-0.3, -0.25) is 18.2 Å². The third-order valence-corrected chi connectivity index (χ3v) is 13.9. The second-order valence-electron chi connectivity index (χ2n) is 14.3. The maximum absolute atomic E-state index is 12.1. The molecular formula is C44H28CuN3O12S4. The molecule has 4 heterocycles. The normalized spacial score (nSPS) is 12.9. The summed E-state index contributed by atoms with van der Waals surface area (Å²) in [6.07, 6.45) is 6.90. The summed E-state index contributed by atoms with van der Waals surface area (Å²) in [5, 5.41) is 1.20. The Labute approximate surface area is 376 Å². The van der Waals surface area contributed by atoms with Gasteiger partial charge in [-0.15, -0.1) is 11.0 Å². The summed E-state index contributed by atoms with van der Waals surface area (Å²) >= 11 is 0. The van der Waals surface area contributed by atoms with Crippen molar-refractivity contribution in [2.75, 3.05) is 0 Å². The minimum Gasteiger partial charge on any atom is -0.657 e. The van der Waals surface area contributed by atoms with Crippen molar-refractivity contribution in [1.29, 1.82) is 0 Å². The zero-order valence-corrected chi connectivity index (χ0v) is 36.4. The minimum atomic E-state index is -4.56. The van der Waals surface area contributed by atoms with E-state index in [4.69, 9.17) is 15.0 Å². The quantitative estimate of drug-likeness (QED) is 0.0843. The average molecular weight is 983 g/mol. The number of hydrogen-bond acceptors (Lipinski definition) is 10. The van der Waals surface area contributed by atoms with Crippen LogP contribution < -0.4 is 4.98 Å². The van der Waals surface area contributed by atoms with Crippen LogP contribution in [0.1, 0.15) is 22.8 Å². The van der Waals surface area contributed by atoms with Gasteiger partial charge < -0.3 is 4.98 Å². The summed E-state index contributed by atoms with van der Waals surface area (Å²) < 4.78 is 135. The first-order valence-corrected chi connectivity index (χ1v) is 24.2. The molecule has 1 aliphatic carbocycles. The molecule has 0 unspecified atom stereocenters. The Kier molecular flexibility index (Phi) is 11.2. The predicted octanol–water partition coefficient (Wildman–Crippen LogP) is 7.62.